The van der Waals surface area contributed by atoms with Crippen LogP contribution in [-0.4, -0.2) is 67.2 Å². The predicted molar refractivity (Wildman–Crippen MR) is 102 cm³/mol. The van der Waals surface area contributed by atoms with E-state index in [9.17, 15) is 0 Å². The molecule has 0 bridgehead atoms. The van der Waals surface area contributed by atoms with Crippen LogP contribution in [-0.2, 0) is 0 Å². The standard InChI is InChI=1S/C18H42N4O2/c19-11-10-18(20)22(14-6-2-4-8-17-24)15-9-13-21-12-5-1-3-7-16-23/h18,21,23-24H,1-17,19-20H2. The molecule has 0 radical (unpaired) electrons. The molecule has 0 saturated heterocycles. The van der Waals surface area contributed by atoms with Crippen molar-refractivity contribution in [2.45, 2.75) is 70.4 Å². The Morgan fingerprint density at radius 2 is 1.29 bits per heavy atom. The topological polar surface area (TPSA) is 108 Å². The van der Waals surface area contributed by atoms with E-state index >= 15 is 0 Å². The minimum Gasteiger partial charge on any atom is -0.396 e. The Labute approximate surface area is 149 Å². The van der Waals surface area contributed by atoms with Gasteiger partial charge < -0.3 is 27.0 Å². The molecule has 0 aromatic heterocycles. The maximum atomic E-state index is 8.82. The van der Waals surface area contributed by atoms with Crippen LogP contribution in [0.5, 0.6) is 0 Å². The van der Waals surface area contributed by atoms with Gasteiger partial charge in [0.25, 0.3) is 0 Å². The third-order valence-corrected chi connectivity index (χ3v) is 4.35. The van der Waals surface area contributed by atoms with E-state index in [1.165, 1.54) is 12.8 Å². The number of unbranched alkanes of at least 4 members (excludes halogenated alkanes) is 6. The molecule has 0 amide bonds. The molecule has 6 heteroatoms. The van der Waals surface area contributed by atoms with Crippen molar-refractivity contribution in [3.05, 3.63) is 0 Å². The van der Waals surface area contributed by atoms with Gasteiger partial charge >= 0.3 is 0 Å². The summed E-state index contributed by atoms with van der Waals surface area (Å²) in [4.78, 5) is 2.36. The van der Waals surface area contributed by atoms with Crippen LogP contribution in [0, 0.1) is 0 Å². The highest BCUT2D eigenvalue weighted by molar-refractivity contribution is 4.67. The minimum atomic E-state index is 0.0614. The third kappa shape index (κ3) is 15.3. The van der Waals surface area contributed by atoms with Crippen LogP contribution in [0.4, 0.5) is 0 Å². The van der Waals surface area contributed by atoms with Gasteiger partial charge in [-0.15, -0.1) is 0 Å². The fourth-order valence-electron chi connectivity index (χ4n) is 2.82. The van der Waals surface area contributed by atoms with Crippen LogP contribution in [0.3, 0.4) is 0 Å². The van der Waals surface area contributed by atoms with Crippen molar-refractivity contribution in [3.63, 3.8) is 0 Å². The normalized spacial score (nSPS) is 12.9. The van der Waals surface area contributed by atoms with Gasteiger partial charge in [-0.05, 0) is 64.7 Å². The quantitative estimate of drug-likeness (QED) is 0.176. The second kappa shape index (κ2) is 19.1. The van der Waals surface area contributed by atoms with Crippen molar-refractivity contribution in [2.24, 2.45) is 11.5 Å². The Hall–Kier alpha value is -0.240. The van der Waals surface area contributed by atoms with Crippen LogP contribution in [0.25, 0.3) is 0 Å². The highest BCUT2D eigenvalue weighted by Gasteiger charge is 2.12. The lowest BCUT2D eigenvalue weighted by Crippen LogP contribution is -2.44. The SMILES string of the molecule is NCCC(N)N(CCCCCCO)CCCNCCCCCCO. The highest BCUT2D eigenvalue weighted by atomic mass is 16.3. The van der Waals surface area contributed by atoms with E-state index in [4.69, 9.17) is 21.7 Å². The number of nitrogens with one attached hydrogen (secondary N) is 1. The van der Waals surface area contributed by atoms with Gasteiger partial charge in [0.1, 0.15) is 0 Å². The smallest absolute Gasteiger partial charge is 0.0583 e. The molecule has 0 aromatic rings. The van der Waals surface area contributed by atoms with Crippen molar-refractivity contribution in [2.75, 3.05) is 45.9 Å². The molecule has 1 atom stereocenters. The first-order chi connectivity index (χ1) is 11.8. The molecule has 0 aliphatic carbocycles. The van der Waals surface area contributed by atoms with Gasteiger partial charge in [0, 0.05) is 19.8 Å². The second-order valence-corrected chi connectivity index (χ2v) is 6.56. The first-order valence-electron chi connectivity index (χ1n) is 9.88. The highest BCUT2D eigenvalue weighted by Crippen LogP contribution is 2.06. The average molecular weight is 347 g/mol. The van der Waals surface area contributed by atoms with E-state index < -0.39 is 0 Å². The summed E-state index contributed by atoms with van der Waals surface area (Å²) in [6, 6.07) is 0. The van der Waals surface area contributed by atoms with Crippen LogP contribution in [0.1, 0.15) is 64.2 Å². The maximum Gasteiger partial charge on any atom is 0.0583 e. The van der Waals surface area contributed by atoms with Gasteiger partial charge in [0.15, 0.2) is 0 Å². The lowest BCUT2D eigenvalue weighted by Gasteiger charge is -2.28. The molecule has 0 fully saturated rings. The molecule has 0 aromatic carbocycles. The minimum absolute atomic E-state index is 0.0614. The van der Waals surface area contributed by atoms with Gasteiger partial charge in [-0.2, -0.15) is 0 Å². The Bertz CT molecular complexity index is 245. The van der Waals surface area contributed by atoms with Gasteiger partial charge in [-0.25, -0.2) is 0 Å². The van der Waals surface area contributed by atoms with Gasteiger partial charge in [-0.1, -0.05) is 25.7 Å². The van der Waals surface area contributed by atoms with Gasteiger partial charge in [0.05, 0.1) is 6.17 Å². The summed E-state index contributed by atoms with van der Waals surface area (Å²) in [5, 5.41) is 21.0. The van der Waals surface area contributed by atoms with Crippen LogP contribution < -0.4 is 16.8 Å². The molecule has 146 valence electrons. The summed E-state index contributed by atoms with van der Waals surface area (Å²) in [6.45, 7) is 5.35. The van der Waals surface area contributed by atoms with Crippen LogP contribution >= 0.6 is 0 Å². The Kier molecular flexibility index (Phi) is 18.9. The van der Waals surface area contributed by atoms with Crippen LogP contribution in [0.15, 0.2) is 0 Å². The Balaban J connectivity index is 3.72. The number of nitrogens with zero attached hydrogens (tertiary/aromatic N) is 1. The number of rotatable bonds is 19. The van der Waals surface area contributed by atoms with E-state index in [2.05, 4.69) is 10.2 Å². The first-order valence-corrected chi connectivity index (χ1v) is 9.88. The third-order valence-electron chi connectivity index (χ3n) is 4.35. The summed E-state index contributed by atoms with van der Waals surface area (Å²) in [5.74, 6) is 0. The van der Waals surface area contributed by atoms with Crippen molar-refractivity contribution in [1.29, 1.82) is 0 Å². The van der Waals surface area contributed by atoms with Crippen molar-refractivity contribution >= 4 is 0 Å². The summed E-state index contributed by atoms with van der Waals surface area (Å²) in [6.07, 6.45) is 10.7. The summed E-state index contributed by atoms with van der Waals surface area (Å²) < 4.78 is 0. The van der Waals surface area contributed by atoms with Crippen molar-refractivity contribution in [3.8, 4) is 0 Å². The Morgan fingerprint density at radius 1 is 0.750 bits per heavy atom. The molecule has 0 heterocycles. The largest absolute Gasteiger partial charge is 0.396 e. The molecule has 7 N–H and O–H groups in total. The molecule has 0 aliphatic rings. The zero-order valence-electron chi connectivity index (χ0n) is 15.6. The van der Waals surface area contributed by atoms with Crippen LogP contribution in [0.2, 0.25) is 0 Å². The number of hydrogen-bond acceptors (Lipinski definition) is 6. The molecular formula is C18H42N4O2. The predicted octanol–water partition coefficient (Wildman–Crippen LogP) is 1.01. The summed E-state index contributed by atoms with van der Waals surface area (Å²) in [7, 11) is 0. The van der Waals surface area contributed by atoms with E-state index in [1.807, 2.05) is 0 Å². The molecule has 0 rings (SSSR count). The van der Waals surface area contributed by atoms with Gasteiger partial charge in [0.2, 0.25) is 0 Å². The van der Waals surface area contributed by atoms with Crippen molar-refractivity contribution < 1.29 is 10.2 Å². The number of nitrogens with two attached hydrogens (primary N) is 2. The molecule has 0 saturated carbocycles. The Morgan fingerprint density at radius 3 is 1.92 bits per heavy atom. The lowest BCUT2D eigenvalue weighted by atomic mass is 10.1. The maximum absolute atomic E-state index is 8.82. The van der Waals surface area contributed by atoms with Crippen molar-refractivity contribution in [1.82, 2.24) is 10.2 Å². The van der Waals surface area contributed by atoms with E-state index in [0.717, 1.165) is 77.5 Å². The molecule has 24 heavy (non-hydrogen) atoms. The summed E-state index contributed by atoms with van der Waals surface area (Å²) in [5.41, 5.74) is 11.9. The van der Waals surface area contributed by atoms with E-state index in [1.54, 1.807) is 0 Å². The number of aliphatic hydroxyl groups is 2. The molecule has 0 spiro atoms. The molecule has 0 aliphatic heterocycles. The second-order valence-electron chi connectivity index (χ2n) is 6.56. The van der Waals surface area contributed by atoms with E-state index in [0.29, 0.717) is 19.8 Å². The zero-order valence-corrected chi connectivity index (χ0v) is 15.6. The van der Waals surface area contributed by atoms with Gasteiger partial charge in [-0.3, -0.25) is 4.90 Å². The monoisotopic (exact) mass is 346 g/mol. The number of aliphatic hydroxyl groups excluding tert-OH is 2. The fraction of sp³-hybridized carbons (Fsp3) is 1.00. The molecule has 1 unspecified atom stereocenters. The van der Waals surface area contributed by atoms with E-state index in [-0.39, 0.29) is 6.17 Å². The molecule has 6 nitrogen and oxygen atoms in total. The lowest BCUT2D eigenvalue weighted by molar-refractivity contribution is 0.184. The zero-order chi connectivity index (χ0) is 17.9. The summed E-state index contributed by atoms with van der Waals surface area (Å²) >= 11 is 0. The number of hydrogen-bond donors (Lipinski definition) is 5. The fourth-order valence-corrected chi connectivity index (χ4v) is 2.82. The molecular weight excluding hydrogens is 304 g/mol. The first kappa shape index (κ1) is 23.8. The average Bonchev–Trinajstić information content (AvgIpc) is 2.58.